The van der Waals surface area contributed by atoms with Gasteiger partial charge in [-0.25, -0.2) is 12.8 Å². The monoisotopic (exact) mass is 274 g/mol. The van der Waals surface area contributed by atoms with Crippen LogP contribution < -0.4 is 11.3 Å². The topological polar surface area (TPSA) is 72.2 Å². The number of hydrogen-bond donors (Lipinski definition) is 2. The standard InChI is InChI=1S/C12H19FN2O2S/c1-9-6-10(8-11(13)7-9)12(15-14)4-3-5-18(2,16)17/h6-8,12,15H,3-5,14H2,1-2H3. The fraction of sp³-hybridized carbons (Fsp3) is 0.500. The molecule has 0 saturated carbocycles. The van der Waals surface area contributed by atoms with Crippen LogP contribution in [0.15, 0.2) is 18.2 Å². The number of rotatable bonds is 6. The van der Waals surface area contributed by atoms with Crippen molar-refractivity contribution in [3.05, 3.63) is 35.1 Å². The molecule has 0 aliphatic rings. The van der Waals surface area contributed by atoms with Crippen molar-refractivity contribution >= 4 is 9.84 Å². The first-order valence-electron chi connectivity index (χ1n) is 5.73. The van der Waals surface area contributed by atoms with E-state index in [0.717, 1.165) is 11.1 Å². The number of aryl methyl sites for hydroxylation is 1. The summed E-state index contributed by atoms with van der Waals surface area (Å²) in [5, 5.41) is 0. The van der Waals surface area contributed by atoms with E-state index in [4.69, 9.17) is 5.84 Å². The number of halogens is 1. The van der Waals surface area contributed by atoms with Crippen LogP contribution in [0.3, 0.4) is 0 Å². The van der Waals surface area contributed by atoms with E-state index >= 15 is 0 Å². The van der Waals surface area contributed by atoms with Gasteiger partial charge in [-0.05, 0) is 43.0 Å². The minimum absolute atomic E-state index is 0.111. The summed E-state index contributed by atoms with van der Waals surface area (Å²) in [5.74, 6) is 5.23. The number of sulfone groups is 1. The van der Waals surface area contributed by atoms with Crippen molar-refractivity contribution in [3.63, 3.8) is 0 Å². The van der Waals surface area contributed by atoms with Crippen LogP contribution >= 0.6 is 0 Å². The first kappa shape index (κ1) is 15.1. The third-order valence-corrected chi connectivity index (χ3v) is 3.71. The maximum atomic E-state index is 13.3. The van der Waals surface area contributed by atoms with Crippen LogP contribution in [0, 0.1) is 12.7 Å². The van der Waals surface area contributed by atoms with E-state index < -0.39 is 9.84 Å². The van der Waals surface area contributed by atoms with Gasteiger partial charge in [0.2, 0.25) is 0 Å². The Bertz CT molecular complexity index is 483. The highest BCUT2D eigenvalue weighted by molar-refractivity contribution is 7.90. The zero-order valence-corrected chi connectivity index (χ0v) is 11.4. The predicted octanol–water partition coefficient (Wildman–Crippen LogP) is 1.46. The van der Waals surface area contributed by atoms with Gasteiger partial charge in [0, 0.05) is 18.1 Å². The van der Waals surface area contributed by atoms with E-state index in [1.54, 1.807) is 6.92 Å². The van der Waals surface area contributed by atoms with Crippen molar-refractivity contribution in [2.24, 2.45) is 5.84 Å². The molecule has 0 aromatic heterocycles. The summed E-state index contributed by atoms with van der Waals surface area (Å²) >= 11 is 0. The van der Waals surface area contributed by atoms with Gasteiger partial charge in [0.05, 0.1) is 0 Å². The molecule has 1 unspecified atom stereocenters. The van der Waals surface area contributed by atoms with Crippen molar-refractivity contribution in [1.29, 1.82) is 0 Å². The molecule has 18 heavy (non-hydrogen) atoms. The van der Waals surface area contributed by atoms with E-state index in [-0.39, 0.29) is 17.6 Å². The van der Waals surface area contributed by atoms with Crippen LogP contribution in [-0.4, -0.2) is 20.4 Å². The third kappa shape index (κ3) is 5.12. The average Bonchev–Trinajstić information content (AvgIpc) is 2.21. The molecule has 0 saturated heterocycles. The molecule has 1 rings (SSSR count). The number of benzene rings is 1. The van der Waals surface area contributed by atoms with Gasteiger partial charge in [-0.2, -0.15) is 0 Å². The minimum Gasteiger partial charge on any atom is -0.271 e. The Kier molecular flexibility index (Phi) is 5.25. The Morgan fingerprint density at radius 1 is 1.39 bits per heavy atom. The van der Waals surface area contributed by atoms with E-state index in [2.05, 4.69) is 5.43 Å². The molecule has 3 N–H and O–H groups in total. The van der Waals surface area contributed by atoms with Gasteiger partial charge in [-0.15, -0.1) is 0 Å². The van der Waals surface area contributed by atoms with Crippen LogP contribution in [-0.2, 0) is 9.84 Å². The summed E-state index contributed by atoms with van der Waals surface area (Å²) in [4.78, 5) is 0. The molecule has 0 aliphatic carbocycles. The second-order valence-corrected chi connectivity index (χ2v) is 6.81. The van der Waals surface area contributed by atoms with Gasteiger partial charge in [0.25, 0.3) is 0 Å². The summed E-state index contributed by atoms with van der Waals surface area (Å²) in [7, 11) is -2.97. The van der Waals surface area contributed by atoms with E-state index in [1.165, 1.54) is 18.4 Å². The van der Waals surface area contributed by atoms with E-state index in [9.17, 15) is 12.8 Å². The zero-order chi connectivity index (χ0) is 13.8. The molecule has 0 amide bonds. The Balaban J connectivity index is 2.71. The van der Waals surface area contributed by atoms with E-state index in [1.807, 2.05) is 6.07 Å². The van der Waals surface area contributed by atoms with Crippen LogP contribution in [0.4, 0.5) is 4.39 Å². The summed E-state index contributed by atoms with van der Waals surface area (Å²) in [6.07, 6.45) is 2.24. The first-order valence-corrected chi connectivity index (χ1v) is 7.79. The molecule has 6 heteroatoms. The Hall–Kier alpha value is -0.980. The van der Waals surface area contributed by atoms with Crippen molar-refractivity contribution in [2.75, 3.05) is 12.0 Å². The van der Waals surface area contributed by atoms with Gasteiger partial charge in [0.15, 0.2) is 0 Å². The molecule has 0 fully saturated rings. The SMILES string of the molecule is Cc1cc(F)cc(C(CCCS(C)(=O)=O)NN)c1. The lowest BCUT2D eigenvalue weighted by atomic mass is 10.0. The van der Waals surface area contributed by atoms with Gasteiger partial charge < -0.3 is 0 Å². The Labute approximate surface area is 107 Å². The fourth-order valence-corrected chi connectivity index (χ4v) is 2.55. The first-order chi connectivity index (χ1) is 8.31. The molecule has 4 nitrogen and oxygen atoms in total. The molecule has 1 aromatic rings. The second kappa shape index (κ2) is 6.26. The molecular weight excluding hydrogens is 255 g/mol. The quantitative estimate of drug-likeness (QED) is 0.608. The Morgan fingerprint density at radius 2 is 2.06 bits per heavy atom. The lowest BCUT2D eigenvalue weighted by molar-refractivity contribution is 0.503. The van der Waals surface area contributed by atoms with Gasteiger partial charge >= 0.3 is 0 Å². The molecule has 102 valence electrons. The Morgan fingerprint density at radius 3 is 2.56 bits per heavy atom. The van der Waals surface area contributed by atoms with Gasteiger partial charge in [0.1, 0.15) is 15.7 Å². The molecule has 1 aromatic carbocycles. The van der Waals surface area contributed by atoms with Crippen LogP contribution in [0.2, 0.25) is 0 Å². The smallest absolute Gasteiger partial charge is 0.147 e. The third-order valence-electron chi connectivity index (χ3n) is 2.68. The highest BCUT2D eigenvalue weighted by Gasteiger charge is 2.12. The maximum absolute atomic E-state index is 13.3. The molecule has 0 bridgehead atoms. The second-order valence-electron chi connectivity index (χ2n) is 4.55. The maximum Gasteiger partial charge on any atom is 0.147 e. The normalized spacial score (nSPS) is 13.6. The van der Waals surface area contributed by atoms with Crippen molar-refractivity contribution in [1.82, 2.24) is 5.43 Å². The lowest BCUT2D eigenvalue weighted by Crippen LogP contribution is -2.28. The summed E-state index contributed by atoms with van der Waals surface area (Å²) in [5.41, 5.74) is 4.15. The highest BCUT2D eigenvalue weighted by atomic mass is 32.2. The highest BCUT2D eigenvalue weighted by Crippen LogP contribution is 2.20. The van der Waals surface area contributed by atoms with Crippen molar-refractivity contribution in [2.45, 2.75) is 25.8 Å². The van der Waals surface area contributed by atoms with Gasteiger partial charge in [-0.1, -0.05) is 6.07 Å². The van der Waals surface area contributed by atoms with Crippen LogP contribution in [0.5, 0.6) is 0 Å². The molecule has 0 spiro atoms. The minimum atomic E-state index is -2.97. The zero-order valence-electron chi connectivity index (χ0n) is 10.6. The van der Waals surface area contributed by atoms with Crippen molar-refractivity contribution < 1.29 is 12.8 Å². The summed E-state index contributed by atoms with van der Waals surface area (Å²) < 4.78 is 35.3. The molecule has 0 aliphatic heterocycles. The lowest BCUT2D eigenvalue weighted by Gasteiger charge is -2.16. The molecule has 0 radical (unpaired) electrons. The number of nitrogens with one attached hydrogen (secondary N) is 1. The molecular formula is C12H19FN2O2S. The molecule has 1 atom stereocenters. The van der Waals surface area contributed by atoms with Gasteiger partial charge in [-0.3, -0.25) is 11.3 Å². The van der Waals surface area contributed by atoms with E-state index in [0.29, 0.717) is 12.8 Å². The van der Waals surface area contributed by atoms with Crippen LogP contribution in [0.1, 0.15) is 30.0 Å². The summed E-state index contributed by atoms with van der Waals surface area (Å²) in [6, 6.07) is 4.46. The fourth-order valence-electron chi connectivity index (χ4n) is 1.86. The largest absolute Gasteiger partial charge is 0.271 e. The van der Waals surface area contributed by atoms with Crippen LogP contribution in [0.25, 0.3) is 0 Å². The van der Waals surface area contributed by atoms with Crippen molar-refractivity contribution in [3.8, 4) is 0 Å². The average molecular weight is 274 g/mol. The molecule has 0 heterocycles. The number of hydrazine groups is 1. The predicted molar refractivity (Wildman–Crippen MR) is 70.1 cm³/mol. The number of hydrogen-bond acceptors (Lipinski definition) is 4. The summed E-state index contributed by atoms with van der Waals surface area (Å²) in [6.45, 7) is 1.80. The number of nitrogens with two attached hydrogens (primary N) is 1.